The normalized spacial score (nSPS) is 12.5. The largest absolute Gasteiger partial charge is 0.207 e. The van der Waals surface area contributed by atoms with Gasteiger partial charge in [-0.3, -0.25) is 0 Å². The Morgan fingerprint density at radius 1 is 1.11 bits per heavy atom. The van der Waals surface area contributed by atoms with Gasteiger partial charge in [0.25, 0.3) is 0 Å². The molecule has 0 aliphatic heterocycles. The van der Waals surface area contributed by atoms with Crippen LogP contribution in [0.1, 0.15) is 22.1 Å². The third-order valence-corrected chi connectivity index (χ3v) is 4.44. The van der Waals surface area contributed by atoms with E-state index in [2.05, 4.69) is 15.9 Å². The molecule has 2 aromatic rings. The summed E-state index contributed by atoms with van der Waals surface area (Å²) in [6.45, 7) is 1.62. The number of aryl methyl sites for hydroxylation is 1. The maximum Gasteiger partial charge on any atom is 0.137 e. The molecule has 0 heterocycles. The van der Waals surface area contributed by atoms with Gasteiger partial charge < -0.3 is 0 Å². The summed E-state index contributed by atoms with van der Waals surface area (Å²) in [5.74, 6) is -0.797. The minimum atomic E-state index is -0.656. The summed E-state index contributed by atoms with van der Waals surface area (Å²) in [6.07, 6.45) is 0. The van der Waals surface area contributed by atoms with Crippen molar-refractivity contribution >= 4 is 39.1 Å². The fourth-order valence-electron chi connectivity index (χ4n) is 1.76. The van der Waals surface area contributed by atoms with Crippen molar-refractivity contribution in [2.75, 3.05) is 0 Å². The molecule has 0 N–H and O–H groups in total. The number of rotatable bonds is 2. The number of benzene rings is 2. The van der Waals surface area contributed by atoms with Gasteiger partial charge in [-0.1, -0.05) is 23.7 Å². The maximum atomic E-state index is 13.5. The number of hydrogen-bond acceptors (Lipinski definition) is 0. The summed E-state index contributed by atoms with van der Waals surface area (Å²) < 4.78 is 27.2. The summed E-state index contributed by atoms with van der Waals surface area (Å²) >= 11 is 15.5. The van der Waals surface area contributed by atoms with Crippen molar-refractivity contribution < 1.29 is 8.78 Å². The molecule has 0 aliphatic carbocycles. The van der Waals surface area contributed by atoms with Crippen LogP contribution in [0, 0.1) is 18.6 Å². The highest BCUT2D eigenvalue weighted by Crippen LogP contribution is 2.38. The predicted octanol–water partition coefficient (Wildman–Crippen LogP) is 6.02. The van der Waals surface area contributed by atoms with E-state index in [1.165, 1.54) is 12.1 Å². The molecule has 0 amide bonds. The Hall–Kier alpha value is -0.640. The van der Waals surface area contributed by atoms with Gasteiger partial charge in [0.15, 0.2) is 0 Å². The van der Waals surface area contributed by atoms with Crippen LogP contribution in [0.4, 0.5) is 8.78 Å². The van der Waals surface area contributed by atoms with Crippen LogP contribution < -0.4 is 0 Å². The topological polar surface area (TPSA) is 0 Å². The standard InChI is InChI=1S/C14H9BrCl2F2/c1-7-5-9(10(16)6-12(7)19)14(17)8-3-2-4-11(18)13(8)15/h2-6,14H,1H3. The lowest BCUT2D eigenvalue weighted by molar-refractivity contribution is 0.616. The van der Waals surface area contributed by atoms with Gasteiger partial charge in [0, 0.05) is 5.02 Å². The molecule has 0 aromatic heterocycles. The van der Waals surface area contributed by atoms with Crippen LogP contribution in [0.15, 0.2) is 34.8 Å². The van der Waals surface area contributed by atoms with Crippen LogP contribution in [0.5, 0.6) is 0 Å². The van der Waals surface area contributed by atoms with Crippen LogP contribution in [0.3, 0.4) is 0 Å². The number of halogens is 5. The molecule has 1 atom stereocenters. The van der Waals surface area contributed by atoms with Crippen LogP contribution in [0.2, 0.25) is 5.02 Å². The lowest BCUT2D eigenvalue weighted by atomic mass is 10.0. The molecular formula is C14H9BrCl2F2. The molecule has 0 aliphatic rings. The highest BCUT2D eigenvalue weighted by Gasteiger charge is 2.19. The summed E-state index contributed by atoms with van der Waals surface area (Å²) in [5, 5.41) is -0.434. The first-order chi connectivity index (χ1) is 8.91. The highest BCUT2D eigenvalue weighted by molar-refractivity contribution is 9.10. The van der Waals surface area contributed by atoms with E-state index in [1.54, 1.807) is 25.1 Å². The van der Waals surface area contributed by atoms with Crippen LogP contribution in [-0.2, 0) is 0 Å². The lowest BCUT2D eigenvalue weighted by Crippen LogP contribution is -1.99. The summed E-state index contributed by atoms with van der Waals surface area (Å²) in [4.78, 5) is 0. The predicted molar refractivity (Wildman–Crippen MR) is 77.9 cm³/mol. The van der Waals surface area contributed by atoms with Gasteiger partial charge in [0.2, 0.25) is 0 Å². The third kappa shape index (κ3) is 2.93. The molecule has 0 radical (unpaired) electrons. The maximum absolute atomic E-state index is 13.5. The first-order valence-electron chi connectivity index (χ1n) is 5.45. The molecule has 0 nitrogen and oxygen atoms in total. The van der Waals surface area contributed by atoms with Crippen LogP contribution >= 0.6 is 39.1 Å². The molecule has 0 spiro atoms. The third-order valence-electron chi connectivity index (χ3n) is 2.81. The number of alkyl halides is 1. The summed E-state index contributed by atoms with van der Waals surface area (Å²) in [7, 11) is 0. The second-order valence-corrected chi connectivity index (χ2v) is 5.77. The molecule has 1 unspecified atom stereocenters. The molecule has 0 bridgehead atoms. The molecule has 100 valence electrons. The highest BCUT2D eigenvalue weighted by atomic mass is 79.9. The molecule has 2 rings (SSSR count). The van der Waals surface area contributed by atoms with Gasteiger partial charge in [0.05, 0.1) is 9.85 Å². The average Bonchev–Trinajstić information content (AvgIpc) is 2.36. The Labute approximate surface area is 128 Å². The molecular weight excluding hydrogens is 357 g/mol. The van der Waals surface area contributed by atoms with Gasteiger partial charge in [-0.2, -0.15) is 0 Å². The van der Waals surface area contributed by atoms with E-state index in [1.807, 2.05) is 0 Å². The minimum Gasteiger partial charge on any atom is -0.207 e. The Bertz CT molecular complexity index is 629. The van der Waals surface area contributed by atoms with E-state index < -0.39 is 17.0 Å². The van der Waals surface area contributed by atoms with E-state index in [0.717, 1.165) is 0 Å². The van der Waals surface area contributed by atoms with Gasteiger partial charge >= 0.3 is 0 Å². The Morgan fingerprint density at radius 2 is 1.79 bits per heavy atom. The van der Waals surface area contributed by atoms with E-state index in [-0.39, 0.29) is 9.50 Å². The second kappa shape index (κ2) is 5.78. The number of hydrogen-bond donors (Lipinski definition) is 0. The molecule has 19 heavy (non-hydrogen) atoms. The monoisotopic (exact) mass is 364 g/mol. The van der Waals surface area contributed by atoms with Crippen molar-refractivity contribution in [2.45, 2.75) is 12.3 Å². The summed E-state index contributed by atoms with van der Waals surface area (Å²) in [6, 6.07) is 7.38. The van der Waals surface area contributed by atoms with Crippen molar-refractivity contribution in [1.29, 1.82) is 0 Å². The van der Waals surface area contributed by atoms with Crippen molar-refractivity contribution in [2.24, 2.45) is 0 Å². The van der Waals surface area contributed by atoms with Crippen molar-refractivity contribution in [3.05, 3.63) is 68.2 Å². The van der Waals surface area contributed by atoms with E-state index in [4.69, 9.17) is 23.2 Å². The quantitative estimate of drug-likeness (QED) is 0.571. The van der Waals surface area contributed by atoms with Crippen molar-refractivity contribution in [3.8, 4) is 0 Å². The van der Waals surface area contributed by atoms with E-state index >= 15 is 0 Å². The molecule has 5 heteroatoms. The van der Waals surface area contributed by atoms with Crippen molar-refractivity contribution in [3.63, 3.8) is 0 Å². The molecule has 0 fully saturated rings. The SMILES string of the molecule is Cc1cc(C(Cl)c2cccc(F)c2Br)c(Cl)cc1F. The Balaban J connectivity index is 2.53. The molecule has 2 aromatic carbocycles. The summed E-state index contributed by atoms with van der Waals surface area (Å²) in [5.41, 5.74) is 1.54. The smallest absolute Gasteiger partial charge is 0.137 e. The van der Waals surface area contributed by atoms with Gasteiger partial charge in [-0.15, -0.1) is 11.6 Å². The van der Waals surface area contributed by atoms with E-state index in [0.29, 0.717) is 16.7 Å². The Morgan fingerprint density at radius 3 is 2.47 bits per heavy atom. The average molecular weight is 366 g/mol. The van der Waals surface area contributed by atoms with Crippen LogP contribution in [-0.4, -0.2) is 0 Å². The zero-order valence-corrected chi connectivity index (χ0v) is 13.0. The molecule has 0 saturated carbocycles. The Kier molecular flexibility index (Phi) is 4.49. The lowest BCUT2D eigenvalue weighted by Gasteiger charge is -2.15. The van der Waals surface area contributed by atoms with Gasteiger partial charge in [-0.25, -0.2) is 8.78 Å². The zero-order chi connectivity index (χ0) is 14.2. The fourth-order valence-corrected chi connectivity index (χ4v) is 3.06. The minimum absolute atomic E-state index is 0.222. The first-order valence-corrected chi connectivity index (χ1v) is 7.06. The van der Waals surface area contributed by atoms with Crippen LogP contribution in [0.25, 0.3) is 0 Å². The van der Waals surface area contributed by atoms with Gasteiger partial charge in [0.1, 0.15) is 11.6 Å². The van der Waals surface area contributed by atoms with Crippen molar-refractivity contribution in [1.82, 2.24) is 0 Å². The molecule has 0 saturated heterocycles. The second-order valence-electron chi connectivity index (χ2n) is 4.13. The van der Waals surface area contributed by atoms with E-state index in [9.17, 15) is 8.78 Å². The zero-order valence-electron chi connectivity index (χ0n) is 9.85. The first kappa shape index (κ1) is 14.8. The fraction of sp³-hybridized carbons (Fsp3) is 0.143. The van der Waals surface area contributed by atoms with Gasteiger partial charge in [-0.05, 0) is 57.7 Å².